The number of hydrogen-bond donors (Lipinski definition) is 5. The number of carbonyl (C=O) groups is 5. The summed E-state index contributed by atoms with van der Waals surface area (Å²) in [7, 11) is -3.80. The molecule has 4 aliphatic rings. The van der Waals surface area contributed by atoms with Crippen molar-refractivity contribution >= 4 is 102 Å². The summed E-state index contributed by atoms with van der Waals surface area (Å²) in [5, 5.41) is 27.4. The van der Waals surface area contributed by atoms with Crippen molar-refractivity contribution in [3.63, 3.8) is 0 Å². The quantitative estimate of drug-likeness (QED) is 0.0703. The minimum absolute atomic E-state index is 0.00810. The molecule has 10 rings (SSSR count). The number of amides is 3. The van der Waals surface area contributed by atoms with E-state index in [-0.39, 0.29) is 64.6 Å². The number of pyridine rings is 1. The molecule has 0 radical (unpaired) electrons. The molecule has 7 heterocycles. The number of rotatable bonds is 13. The van der Waals surface area contributed by atoms with Crippen LogP contribution in [0.5, 0.6) is 5.75 Å². The third kappa shape index (κ3) is 8.65. The van der Waals surface area contributed by atoms with Gasteiger partial charge < -0.3 is 30.2 Å². The smallest absolute Gasteiger partial charge is 0.349 e. The van der Waals surface area contributed by atoms with Gasteiger partial charge in [0.1, 0.15) is 28.3 Å². The minimum atomic E-state index is -3.80. The zero-order valence-corrected chi connectivity index (χ0v) is 40.0. The monoisotopic (exact) mass is 993 g/mol. The van der Waals surface area contributed by atoms with Crippen molar-refractivity contribution in [1.29, 1.82) is 0 Å². The number of piperidine rings is 3. The second-order valence-electron chi connectivity index (χ2n) is 18.6. The number of aromatic nitrogens is 2. The molecule has 5 N–H and O–H groups in total. The first-order chi connectivity index (χ1) is 33.0. The molecule has 3 aromatic heterocycles. The Balaban J connectivity index is 0.778. The normalized spacial score (nSPS) is 19.9. The highest BCUT2D eigenvalue weighted by atomic mass is 35.5. The Morgan fingerprint density at radius 3 is 2.49 bits per heavy atom. The molecule has 20 heteroatoms. The lowest BCUT2D eigenvalue weighted by Crippen LogP contribution is -2.55. The number of carboxylic acid groups (broad SMARTS) is 2. The number of benzene rings is 3. The lowest BCUT2D eigenvalue weighted by molar-refractivity contribution is -0.139. The molecule has 2 unspecified atom stereocenters. The molecule has 0 saturated carbocycles. The average molecular weight is 995 g/mol. The molecular formula is C49H48ClN7O10S2. The number of thiophene rings is 1. The van der Waals surface area contributed by atoms with E-state index < -0.39 is 46.1 Å². The van der Waals surface area contributed by atoms with Crippen molar-refractivity contribution in [1.82, 2.24) is 19.6 Å². The largest absolute Gasteiger partial charge is 0.479 e. The van der Waals surface area contributed by atoms with Gasteiger partial charge in [-0.2, -0.15) is 4.31 Å². The van der Waals surface area contributed by atoms with E-state index in [0.29, 0.717) is 45.9 Å². The van der Waals surface area contributed by atoms with E-state index in [1.807, 2.05) is 56.3 Å². The molecule has 0 bridgehead atoms. The number of anilines is 3. The molecule has 3 aromatic carbocycles. The zero-order chi connectivity index (χ0) is 48.5. The molecule has 69 heavy (non-hydrogen) atoms. The fourth-order valence-electron chi connectivity index (χ4n) is 10.6. The van der Waals surface area contributed by atoms with Crippen LogP contribution in [0.25, 0.3) is 32.2 Å². The van der Waals surface area contributed by atoms with Crippen molar-refractivity contribution in [2.24, 2.45) is 0 Å². The number of fused-ring (bicyclic) bond motifs is 1. The molecular weight excluding hydrogens is 946 g/mol. The van der Waals surface area contributed by atoms with E-state index in [1.54, 1.807) is 33.5 Å². The number of halogens is 1. The number of aliphatic carboxylic acids is 1. The van der Waals surface area contributed by atoms with Gasteiger partial charge in [0.2, 0.25) is 21.8 Å². The predicted octanol–water partition coefficient (Wildman–Crippen LogP) is 7.59. The third-order valence-electron chi connectivity index (χ3n) is 13.7. The Hall–Kier alpha value is -6.54. The van der Waals surface area contributed by atoms with Crippen LogP contribution >= 0.6 is 22.9 Å². The van der Waals surface area contributed by atoms with Crippen LogP contribution in [0, 0.1) is 0 Å². The second-order valence-corrected chi connectivity index (χ2v) is 21.9. The van der Waals surface area contributed by atoms with Crippen molar-refractivity contribution in [3.8, 4) is 16.2 Å². The average Bonchev–Trinajstić information content (AvgIpc) is 3.97. The van der Waals surface area contributed by atoms with Gasteiger partial charge in [-0.25, -0.2) is 23.0 Å². The molecule has 0 aliphatic carbocycles. The van der Waals surface area contributed by atoms with E-state index in [2.05, 4.69) is 26.6 Å². The number of nitrogens with zero attached hydrogens (tertiary/aromatic N) is 4. The maximum atomic E-state index is 14.1. The lowest BCUT2D eigenvalue weighted by atomic mass is 9.85. The summed E-state index contributed by atoms with van der Waals surface area (Å²) in [5.41, 5.74) is 4.06. The second kappa shape index (κ2) is 17.8. The van der Waals surface area contributed by atoms with Crippen molar-refractivity contribution < 1.29 is 47.3 Å². The Morgan fingerprint density at radius 1 is 0.971 bits per heavy atom. The Labute approximate surface area is 405 Å². The van der Waals surface area contributed by atoms with Gasteiger partial charge in [-0.1, -0.05) is 41.9 Å². The highest BCUT2D eigenvalue weighted by Crippen LogP contribution is 2.47. The Kier molecular flexibility index (Phi) is 11.9. The molecule has 3 amide bonds. The first-order valence-corrected chi connectivity index (χ1v) is 25.5. The number of sulfonamides is 1. The highest BCUT2D eigenvalue weighted by molar-refractivity contribution is 7.88. The van der Waals surface area contributed by atoms with Crippen LogP contribution in [0.3, 0.4) is 0 Å². The first kappa shape index (κ1) is 46.2. The van der Waals surface area contributed by atoms with Crippen LogP contribution in [0.2, 0.25) is 5.02 Å². The molecule has 0 spiro atoms. The summed E-state index contributed by atoms with van der Waals surface area (Å²) in [6, 6.07) is 21.9. The zero-order valence-electron chi connectivity index (χ0n) is 37.6. The number of hydrogen-bond acceptors (Lipinski definition) is 12. The van der Waals surface area contributed by atoms with E-state index in [9.17, 15) is 37.5 Å². The first-order valence-electron chi connectivity index (χ1n) is 22.7. The van der Waals surface area contributed by atoms with E-state index >= 15 is 0 Å². The molecule has 4 aliphatic heterocycles. The van der Waals surface area contributed by atoms with Gasteiger partial charge in [0.25, 0.3) is 5.91 Å². The Morgan fingerprint density at radius 2 is 1.75 bits per heavy atom. The summed E-state index contributed by atoms with van der Waals surface area (Å²) >= 11 is 7.43. The van der Waals surface area contributed by atoms with Crippen molar-refractivity contribution in [2.45, 2.75) is 81.7 Å². The van der Waals surface area contributed by atoms with Crippen LogP contribution in [-0.4, -0.2) is 106 Å². The van der Waals surface area contributed by atoms with Crippen molar-refractivity contribution in [2.75, 3.05) is 41.4 Å². The van der Waals surface area contributed by atoms with E-state index in [0.717, 1.165) is 70.5 Å². The van der Waals surface area contributed by atoms with Crippen molar-refractivity contribution in [3.05, 3.63) is 99.5 Å². The number of H-pyrrole nitrogens is 1. The van der Waals surface area contributed by atoms with Gasteiger partial charge in [-0.05, 0) is 111 Å². The van der Waals surface area contributed by atoms with Crippen LogP contribution in [0.4, 0.5) is 17.2 Å². The van der Waals surface area contributed by atoms with Gasteiger partial charge in [0.15, 0.2) is 17.2 Å². The topological polar surface area (TPSA) is 232 Å². The van der Waals surface area contributed by atoms with Gasteiger partial charge in [-0.15, -0.1) is 11.3 Å². The van der Waals surface area contributed by atoms with Crippen LogP contribution < -0.4 is 25.2 Å². The molecule has 6 aromatic rings. The SMILES string of the molecule is CC1(C)CC(Nc2cccc(-c3sc(C(=O)O)c(OCC(=O)O)c3Cl)c2)CCN1S(=O)(=O)Cc1ccc2cc(N3CCC(c4ccc5c6c(cccc46)C(=O)N5C4CCC(=O)NC4=O)CC3)[nH]c2n1. The molecule has 3 saturated heterocycles. The van der Waals surface area contributed by atoms with Gasteiger partial charge in [0.05, 0.1) is 16.3 Å². The van der Waals surface area contributed by atoms with Gasteiger partial charge in [0, 0.05) is 59.7 Å². The summed E-state index contributed by atoms with van der Waals surface area (Å²) < 4.78 is 35.0. The third-order valence-corrected chi connectivity index (χ3v) is 17.4. The van der Waals surface area contributed by atoms with Crippen LogP contribution in [0.1, 0.15) is 89.6 Å². The maximum absolute atomic E-state index is 14.1. The number of aromatic carboxylic acids is 1. The lowest BCUT2D eigenvalue weighted by Gasteiger charge is -2.44. The summed E-state index contributed by atoms with van der Waals surface area (Å²) in [6.07, 6.45) is 3.21. The summed E-state index contributed by atoms with van der Waals surface area (Å²) in [6.45, 7) is 4.88. The summed E-state index contributed by atoms with van der Waals surface area (Å²) in [4.78, 5) is 73.7. The molecule has 2 atom stereocenters. The summed E-state index contributed by atoms with van der Waals surface area (Å²) in [5.74, 6) is -2.89. The number of imide groups is 1. The fourth-order valence-corrected chi connectivity index (χ4v) is 13.9. The predicted molar refractivity (Wildman–Crippen MR) is 262 cm³/mol. The van der Waals surface area contributed by atoms with Gasteiger partial charge in [-0.3, -0.25) is 24.6 Å². The standard InChI is InChI=1S/C49H48ClN7O10S2/c1-49(2)23-30(51-29-6-3-5-27(21-29)43-41(50)42(67-24-39(59)60)44(68-43)48(63)64)17-20-56(49)69(65,66)25-31-10-9-28-22-37(53-45(28)52-31)55-18-15-26(16-19-55)32-11-12-35-40-33(32)7-4-8-34(40)47(62)57(35)36-13-14-38(58)54-46(36)61/h3-12,21-22,26,30,36,51H,13-20,23-25H2,1-2H3,(H,52,53)(H,59,60)(H,63,64)(H,54,58,61). The Bertz CT molecular complexity index is 3240. The van der Waals surface area contributed by atoms with E-state index in [4.69, 9.17) is 26.4 Å². The number of nitrogens with one attached hydrogen (secondary N) is 3. The number of carbonyl (C=O) groups excluding carboxylic acids is 3. The van der Waals surface area contributed by atoms with E-state index in [1.165, 1.54) is 0 Å². The fraction of sp³-hybridized carbons (Fsp3) is 0.347. The number of ether oxygens (including phenoxy) is 1. The van der Waals surface area contributed by atoms with Crippen LogP contribution in [0.15, 0.2) is 72.8 Å². The number of aromatic amines is 1. The maximum Gasteiger partial charge on any atom is 0.349 e. The minimum Gasteiger partial charge on any atom is -0.479 e. The van der Waals surface area contributed by atoms with Crippen LogP contribution in [-0.2, 0) is 30.2 Å². The molecule has 3 fully saturated rings. The molecule has 17 nitrogen and oxygen atoms in total. The van der Waals surface area contributed by atoms with Gasteiger partial charge >= 0.3 is 11.9 Å². The highest BCUT2D eigenvalue weighted by Gasteiger charge is 2.43. The molecule has 358 valence electrons. The number of carboxylic acids is 2.